The summed E-state index contributed by atoms with van der Waals surface area (Å²) in [5, 5.41) is 7.30. The van der Waals surface area contributed by atoms with Crippen LogP contribution >= 0.6 is 23.2 Å². The Kier molecular flexibility index (Phi) is 7.16. The van der Waals surface area contributed by atoms with Crippen LogP contribution < -0.4 is 10.6 Å². The molecule has 1 saturated carbocycles. The molecule has 1 aliphatic carbocycles. The minimum atomic E-state index is -1.19. The molecule has 0 aromatic heterocycles. The molecule has 3 amide bonds. The summed E-state index contributed by atoms with van der Waals surface area (Å²) >= 11 is 12.4. The van der Waals surface area contributed by atoms with Gasteiger partial charge in [0, 0.05) is 28.3 Å². The highest BCUT2D eigenvalue weighted by molar-refractivity contribution is 6.31. The monoisotopic (exact) mass is 567 g/mol. The van der Waals surface area contributed by atoms with Crippen LogP contribution in [0.15, 0.2) is 60.7 Å². The third-order valence-corrected chi connectivity index (χ3v) is 9.19. The van der Waals surface area contributed by atoms with E-state index < -0.39 is 29.6 Å². The first-order chi connectivity index (χ1) is 18.9. The van der Waals surface area contributed by atoms with Crippen molar-refractivity contribution < 1.29 is 19.1 Å². The van der Waals surface area contributed by atoms with Crippen molar-refractivity contribution in [3.63, 3.8) is 0 Å². The van der Waals surface area contributed by atoms with Crippen LogP contribution in [-0.4, -0.2) is 53.0 Å². The van der Waals surface area contributed by atoms with E-state index in [1.165, 1.54) is 6.42 Å². The molecule has 6 rings (SSSR count). The van der Waals surface area contributed by atoms with Crippen LogP contribution in [0.5, 0.6) is 0 Å². The number of likely N-dealkylation sites (tertiary alicyclic amines) is 1. The summed E-state index contributed by atoms with van der Waals surface area (Å²) in [7, 11) is 0. The average Bonchev–Trinajstić information content (AvgIpc) is 3.57. The number of nitrogens with zero attached hydrogens (tertiary/aromatic N) is 1. The van der Waals surface area contributed by atoms with Crippen LogP contribution in [0.25, 0.3) is 0 Å². The molecule has 3 heterocycles. The van der Waals surface area contributed by atoms with Crippen molar-refractivity contribution in [2.75, 3.05) is 11.9 Å². The number of amides is 3. The van der Waals surface area contributed by atoms with Crippen molar-refractivity contribution in [3.05, 3.63) is 76.3 Å². The number of ether oxygens (including phenoxy) is 1. The van der Waals surface area contributed by atoms with Crippen molar-refractivity contribution in [1.29, 1.82) is 0 Å². The van der Waals surface area contributed by atoms with Crippen molar-refractivity contribution in [2.24, 2.45) is 11.8 Å². The number of anilines is 1. The molecule has 3 aliphatic heterocycles. The van der Waals surface area contributed by atoms with Gasteiger partial charge < -0.3 is 20.3 Å². The zero-order valence-electron chi connectivity index (χ0n) is 21.4. The molecule has 204 valence electrons. The van der Waals surface area contributed by atoms with Crippen molar-refractivity contribution >= 4 is 46.6 Å². The van der Waals surface area contributed by atoms with Gasteiger partial charge in [-0.25, -0.2) is 0 Å². The summed E-state index contributed by atoms with van der Waals surface area (Å²) in [6.45, 7) is 0.289. The Morgan fingerprint density at radius 3 is 2.49 bits per heavy atom. The topological polar surface area (TPSA) is 87.7 Å². The lowest BCUT2D eigenvalue weighted by Crippen LogP contribution is -2.56. The predicted octanol–water partition coefficient (Wildman–Crippen LogP) is 4.77. The maximum atomic E-state index is 14.1. The van der Waals surface area contributed by atoms with E-state index in [1.54, 1.807) is 29.2 Å². The number of hydrogen-bond acceptors (Lipinski definition) is 4. The average molecular weight is 569 g/mol. The molecule has 3 fully saturated rings. The lowest BCUT2D eigenvalue weighted by Gasteiger charge is -2.34. The molecule has 4 aliphatic rings. The molecular formula is C30H31Cl2N3O4. The van der Waals surface area contributed by atoms with E-state index in [0.717, 1.165) is 31.2 Å². The van der Waals surface area contributed by atoms with Crippen LogP contribution in [0.4, 0.5) is 5.69 Å². The zero-order valence-corrected chi connectivity index (χ0v) is 23.0. The second-order valence-electron chi connectivity index (χ2n) is 10.9. The fourth-order valence-corrected chi connectivity index (χ4v) is 7.09. The predicted molar refractivity (Wildman–Crippen MR) is 149 cm³/mol. The second-order valence-corrected chi connectivity index (χ2v) is 11.8. The summed E-state index contributed by atoms with van der Waals surface area (Å²) in [4.78, 5) is 43.2. The van der Waals surface area contributed by atoms with Crippen LogP contribution in [0, 0.1) is 11.8 Å². The number of carbonyl (C=O) groups excluding carboxylic acids is 3. The van der Waals surface area contributed by atoms with E-state index in [0.29, 0.717) is 22.2 Å². The Balaban J connectivity index is 1.29. The highest BCUT2D eigenvalue weighted by atomic mass is 35.5. The van der Waals surface area contributed by atoms with Gasteiger partial charge in [0.1, 0.15) is 11.6 Å². The first-order valence-corrected chi connectivity index (χ1v) is 14.4. The van der Waals surface area contributed by atoms with Gasteiger partial charge >= 0.3 is 0 Å². The number of fused-ring (bicyclic) bond motifs is 1. The summed E-state index contributed by atoms with van der Waals surface area (Å²) < 4.78 is 6.43. The quantitative estimate of drug-likeness (QED) is 0.471. The number of halogens is 2. The molecular weight excluding hydrogens is 537 g/mol. The van der Waals surface area contributed by atoms with E-state index in [1.807, 2.05) is 36.4 Å². The molecule has 2 saturated heterocycles. The third kappa shape index (κ3) is 4.75. The summed E-state index contributed by atoms with van der Waals surface area (Å²) in [5.74, 6) is -2.33. The molecule has 0 radical (unpaired) electrons. The van der Waals surface area contributed by atoms with Gasteiger partial charge in [-0.1, -0.05) is 72.8 Å². The van der Waals surface area contributed by atoms with Crippen molar-refractivity contribution in [3.8, 4) is 0 Å². The van der Waals surface area contributed by atoms with Crippen LogP contribution in [-0.2, 0) is 25.5 Å². The molecule has 7 nitrogen and oxygen atoms in total. The third-order valence-electron chi connectivity index (χ3n) is 8.57. The standard InChI is InChI=1S/C30H31Cl2N3O4/c31-19-10-12-21(13-11-19)33-27(36)24-23-14-16-30(39-23)25(24)29(38)35(17-15-18-6-4-5-9-22(18)32)26(30)28(37)34-20-7-2-1-3-8-20/h4-6,9-14,16,20,23-26H,1-3,7-8,15,17H2,(H,33,36)(H,34,37)/t23-,24-,25-,26-,30-/m0/s1. The molecule has 2 bridgehead atoms. The van der Waals surface area contributed by atoms with Gasteiger partial charge in [-0.2, -0.15) is 0 Å². The maximum Gasteiger partial charge on any atom is 0.246 e. The van der Waals surface area contributed by atoms with Gasteiger partial charge in [0.25, 0.3) is 0 Å². The molecule has 2 aromatic carbocycles. The summed E-state index contributed by atoms with van der Waals surface area (Å²) in [5.41, 5.74) is 0.284. The molecule has 39 heavy (non-hydrogen) atoms. The fourth-order valence-electron chi connectivity index (χ4n) is 6.74. The lowest BCUT2D eigenvalue weighted by atomic mass is 9.74. The minimum absolute atomic E-state index is 0.0776. The van der Waals surface area contributed by atoms with E-state index in [-0.39, 0.29) is 30.3 Å². The highest BCUT2D eigenvalue weighted by Crippen LogP contribution is 2.55. The van der Waals surface area contributed by atoms with E-state index in [9.17, 15) is 14.4 Å². The molecule has 0 unspecified atom stereocenters. The van der Waals surface area contributed by atoms with E-state index in [2.05, 4.69) is 10.6 Å². The number of carbonyl (C=O) groups is 3. The number of rotatable bonds is 7. The largest absolute Gasteiger partial charge is 0.359 e. The summed E-state index contributed by atoms with van der Waals surface area (Å²) in [6.07, 6.45) is 8.73. The SMILES string of the molecule is O=C(Nc1ccc(Cl)cc1)[C@H]1[C@@H]2C=C[C@]3(O2)[C@@H]1C(=O)N(CCc1ccccc1Cl)[C@H]3C(=O)NC1CCCCC1. The van der Waals surface area contributed by atoms with Crippen LogP contribution in [0.3, 0.4) is 0 Å². The van der Waals surface area contributed by atoms with Crippen molar-refractivity contribution in [2.45, 2.75) is 62.3 Å². The smallest absolute Gasteiger partial charge is 0.246 e. The van der Waals surface area contributed by atoms with Gasteiger partial charge in [-0.15, -0.1) is 0 Å². The second kappa shape index (κ2) is 10.6. The Hall–Kier alpha value is -2.87. The van der Waals surface area contributed by atoms with Crippen molar-refractivity contribution in [1.82, 2.24) is 10.2 Å². The Labute approximate surface area is 237 Å². The van der Waals surface area contributed by atoms with Gasteiger partial charge in [0.15, 0.2) is 0 Å². The first kappa shape index (κ1) is 26.4. The fraction of sp³-hybridized carbons (Fsp3) is 0.433. The normalized spacial score (nSPS) is 29.5. The first-order valence-electron chi connectivity index (χ1n) is 13.7. The number of nitrogens with one attached hydrogen (secondary N) is 2. The van der Waals surface area contributed by atoms with Gasteiger partial charge in [-0.05, 0) is 55.2 Å². The minimum Gasteiger partial charge on any atom is -0.359 e. The lowest BCUT2D eigenvalue weighted by molar-refractivity contribution is -0.141. The molecule has 2 aromatic rings. The number of hydrogen-bond donors (Lipinski definition) is 2. The van der Waals surface area contributed by atoms with Crippen LogP contribution in [0.2, 0.25) is 10.0 Å². The molecule has 1 spiro atoms. The van der Waals surface area contributed by atoms with Gasteiger partial charge in [-0.3, -0.25) is 14.4 Å². The molecule has 5 atom stereocenters. The molecule has 2 N–H and O–H groups in total. The Bertz CT molecular complexity index is 1310. The zero-order chi connectivity index (χ0) is 27.1. The van der Waals surface area contributed by atoms with Crippen LogP contribution in [0.1, 0.15) is 37.7 Å². The highest BCUT2D eigenvalue weighted by Gasteiger charge is 2.72. The Morgan fingerprint density at radius 2 is 1.74 bits per heavy atom. The van der Waals surface area contributed by atoms with Gasteiger partial charge in [0.2, 0.25) is 17.7 Å². The van der Waals surface area contributed by atoms with Gasteiger partial charge in [0.05, 0.1) is 17.9 Å². The molecule has 9 heteroatoms. The maximum absolute atomic E-state index is 14.1. The Morgan fingerprint density at radius 1 is 1.00 bits per heavy atom. The van der Waals surface area contributed by atoms with E-state index in [4.69, 9.17) is 27.9 Å². The number of benzene rings is 2. The summed E-state index contributed by atoms with van der Waals surface area (Å²) in [6, 6.07) is 13.5. The van der Waals surface area contributed by atoms with E-state index >= 15 is 0 Å².